The molecule has 6 heteroatoms. The van der Waals surface area contributed by atoms with Crippen molar-refractivity contribution < 1.29 is 9.90 Å². The van der Waals surface area contributed by atoms with Crippen molar-refractivity contribution in [2.45, 2.75) is 19.4 Å². The normalized spacial score (nSPS) is 10.5. The number of aryl methyl sites for hydroxylation is 1. The quantitative estimate of drug-likeness (QED) is 0.472. The third-order valence-electron chi connectivity index (χ3n) is 4.20. The molecule has 0 unspecified atom stereocenters. The molecule has 0 aliphatic carbocycles. The van der Waals surface area contributed by atoms with Gasteiger partial charge >= 0.3 is 5.97 Å². The minimum Gasteiger partial charge on any atom is -0.478 e. The monoisotopic (exact) mass is 377 g/mol. The van der Waals surface area contributed by atoms with E-state index in [1.807, 2.05) is 47.2 Å². The molecule has 136 valence electrons. The van der Waals surface area contributed by atoms with Crippen molar-refractivity contribution in [1.29, 1.82) is 0 Å². The zero-order valence-electron chi connectivity index (χ0n) is 14.7. The summed E-state index contributed by atoms with van der Waals surface area (Å²) in [5.41, 5.74) is 2.90. The van der Waals surface area contributed by atoms with Gasteiger partial charge in [0.1, 0.15) is 5.82 Å². The van der Waals surface area contributed by atoms with Crippen LogP contribution < -0.4 is 0 Å². The number of carboxylic acid groups (broad SMARTS) is 1. The number of carbonyl (C=O) groups is 1. The van der Waals surface area contributed by atoms with Crippen LogP contribution in [-0.2, 0) is 13.0 Å². The number of benzene rings is 2. The first-order valence-electron chi connectivity index (χ1n) is 8.54. The number of hydrogen-bond donors (Lipinski definition) is 1. The van der Waals surface area contributed by atoms with Gasteiger partial charge in [-0.05, 0) is 29.2 Å². The molecule has 1 N–H and O–H groups in total. The number of hydrogen-bond acceptors (Lipinski definition) is 4. The van der Waals surface area contributed by atoms with Crippen LogP contribution in [0.4, 0.5) is 0 Å². The molecule has 0 aliphatic heterocycles. The highest BCUT2D eigenvalue weighted by Gasteiger charge is 2.12. The first-order valence-corrected chi connectivity index (χ1v) is 9.01. The van der Waals surface area contributed by atoms with Crippen LogP contribution in [0.5, 0.6) is 0 Å². The summed E-state index contributed by atoms with van der Waals surface area (Å²) in [6.07, 6.45) is 3.43. The average molecular weight is 377 g/mol. The van der Waals surface area contributed by atoms with Gasteiger partial charge < -0.3 is 5.11 Å². The number of carboxylic acids is 1. The largest absolute Gasteiger partial charge is 0.478 e. The Labute approximate surface area is 163 Å². The van der Waals surface area contributed by atoms with Crippen molar-refractivity contribution in [2.75, 3.05) is 0 Å². The SMILES string of the molecule is C=CCCc1nc(C=S)nn1Cc1ccc(-c2ccccc2C(=O)O)cc1. The Balaban J connectivity index is 1.85. The highest BCUT2D eigenvalue weighted by atomic mass is 32.1. The fourth-order valence-corrected chi connectivity index (χ4v) is 2.97. The smallest absolute Gasteiger partial charge is 0.336 e. The van der Waals surface area contributed by atoms with Crippen molar-refractivity contribution in [3.8, 4) is 11.1 Å². The van der Waals surface area contributed by atoms with Gasteiger partial charge in [0.25, 0.3) is 0 Å². The van der Waals surface area contributed by atoms with Gasteiger partial charge in [-0.1, -0.05) is 60.8 Å². The topological polar surface area (TPSA) is 68.0 Å². The highest BCUT2D eigenvalue weighted by Crippen LogP contribution is 2.24. The van der Waals surface area contributed by atoms with Crippen LogP contribution in [0.25, 0.3) is 11.1 Å². The Hall–Kier alpha value is -3.12. The molecule has 0 atom stereocenters. The third kappa shape index (κ3) is 4.35. The van der Waals surface area contributed by atoms with Crippen molar-refractivity contribution >= 4 is 23.6 Å². The third-order valence-corrected chi connectivity index (χ3v) is 4.41. The molecule has 0 radical (unpaired) electrons. The van der Waals surface area contributed by atoms with Crippen LogP contribution in [0.3, 0.4) is 0 Å². The van der Waals surface area contributed by atoms with Crippen LogP contribution >= 0.6 is 12.2 Å². The number of rotatable bonds is 8. The molecule has 0 saturated carbocycles. The molecule has 5 nitrogen and oxygen atoms in total. The molecule has 0 spiro atoms. The molecular formula is C21H19N3O2S. The molecule has 1 aromatic heterocycles. The summed E-state index contributed by atoms with van der Waals surface area (Å²) < 4.78 is 1.85. The number of aromatic nitrogens is 3. The van der Waals surface area contributed by atoms with Gasteiger partial charge in [-0.15, -0.1) is 6.58 Å². The second-order valence-electron chi connectivity index (χ2n) is 6.04. The Kier molecular flexibility index (Phi) is 5.88. The molecule has 0 bridgehead atoms. The van der Waals surface area contributed by atoms with Crippen molar-refractivity contribution in [1.82, 2.24) is 14.8 Å². The molecular weight excluding hydrogens is 358 g/mol. The van der Waals surface area contributed by atoms with Gasteiger partial charge in [-0.25, -0.2) is 14.5 Å². The Morgan fingerprint density at radius 1 is 1.19 bits per heavy atom. The van der Waals surface area contributed by atoms with Gasteiger partial charge in [0.05, 0.1) is 12.1 Å². The predicted octanol–water partition coefficient (Wildman–Crippen LogP) is 4.16. The Morgan fingerprint density at radius 2 is 1.93 bits per heavy atom. The fourth-order valence-electron chi connectivity index (χ4n) is 2.87. The van der Waals surface area contributed by atoms with Crippen molar-refractivity contribution in [3.05, 3.63) is 84.0 Å². The summed E-state index contributed by atoms with van der Waals surface area (Å²) in [6, 6.07) is 14.8. The zero-order chi connectivity index (χ0) is 19.2. The van der Waals surface area contributed by atoms with E-state index in [0.717, 1.165) is 29.8 Å². The maximum atomic E-state index is 11.4. The highest BCUT2D eigenvalue weighted by molar-refractivity contribution is 7.79. The molecule has 3 aromatic rings. The van der Waals surface area contributed by atoms with E-state index in [0.29, 0.717) is 23.5 Å². The van der Waals surface area contributed by atoms with Gasteiger partial charge in [-0.2, -0.15) is 5.10 Å². The first kappa shape index (κ1) is 18.7. The molecule has 0 saturated heterocycles. The number of thiocarbonyl (C=S) groups is 1. The first-order chi connectivity index (χ1) is 13.1. The summed E-state index contributed by atoms with van der Waals surface area (Å²) in [6.45, 7) is 4.32. The molecule has 0 aliphatic rings. The van der Waals surface area contributed by atoms with Gasteiger partial charge in [0, 0.05) is 11.8 Å². The van der Waals surface area contributed by atoms with E-state index in [2.05, 4.69) is 16.7 Å². The lowest BCUT2D eigenvalue weighted by atomic mass is 9.99. The minimum atomic E-state index is -0.933. The minimum absolute atomic E-state index is 0.291. The van der Waals surface area contributed by atoms with Crippen molar-refractivity contribution in [3.63, 3.8) is 0 Å². The van der Waals surface area contributed by atoms with Crippen LogP contribution in [0, 0.1) is 0 Å². The van der Waals surface area contributed by atoms with E-state index in [9.17, 15) is 9.90 Å². The van der Waals surface area contributed by atoms with E-state index in [-0.39, 0.29) is 0 Å². The van der Waals surface area contributed by atoms with E-state index in [1.165, 1.54) is 5.37 Å². The van der Waals surface area contributed by atoms with E-state index >= 15 is 0 Å². The van der Waals surface area contributed by atoms with Crippen LogP contribution in [0.1, 0.15) is 34.0 Å². The predicted molar refractivity (Wildman–Crippen MR) is 109 cm³/mol. The van der Waals surface area contributed by atoms with Gasteiger partial charge in [0.2, 0.25) is 0 Å². The molecule has 1 heterocycles. The van der Waals surface area contributed by atoms with Crippen LogP contribution in [-0.4, -0.2) is 31.2 Å². The van der Waals surface area contributed by atoms with Crippen LogP contribution in [0.2, 0.25) is 0 Å². The fraction of sp³-hybridized carbons (Fsp3) is 0.143. The lowest BCUT2D eigenvalue weighted by Crippen LogP contribution is -2.07. The zero-order valence-corrected chi connectivity index (χ0v) is 15.5. The standard InChI is InChI=1S/C21H19N3O2S/c1-2-3-8-20-22-19(14-27)23-24(20)13-15-9-11-16(12-10-15)17-6-4-5-7-18(17)21(25)26/h2,4-7,9-12,14H,1,3,8,13H2,(H,25,26). The number of nitrogens with zero attached hydrogens (tertiary/aromatic N) is 3. The van der Waals surface area contributed by atoms with E-state index < -0.39 is 5.97 Å². The lowest BCUT2D eigenvalue weighted by molar-refractivity contribution is 0.0697. The molecule has 3 rings (SSSR count). The number of aromatic carboxylic acids is 1. The average Bonchev–Trinajstić information content (AvgIpc) is 3.08. The second kappa shape index (κ2) is 8.51. The van der Waals surface area contributed by atoms with Gasteiger partial charge in [0.15, 0.2) is 5.82 Å². The van der Waals surface area contributed by atoms with Crippen molar-refractivity contribution in [2.24, 2.45) is 0 Å². The maximum absolute atomic E-state index is 11.4. The molecule has 0 fully saturated rings. The van der Waals surface area contributed by atoms with E-state index in [1.54, 1.807) is 12.1 Å². The Bertz CT molecular complexity index is 977. The van der Waals surface area contributed by atoms with Crippen LogP contribution in [0.15, 0.2) is 61.2 Å². The second-order valence-corrected chi connectivity index (χ2v) is 6.27. The summed E-state index contributed by atoms with van der Waals surface area (Å²) in [7, 11) is 0. The van der Waals surface area contributed by atoms with E-state index in [4.69, 9.17) is 12.2 Å². The summed E-state index contributed by atoms with van der Waals surface area (Å²) in [4.78, 5) is 15.9. The summed E-state index contributed by atoms with van der Waals surface area (Å²) in [5.74, 6) is 0.471. The molecule has 27 heavy (non-hydrogen) atoms. The lowest BCUT2D eigenvalue weighted by Gasteiger charge is -2.09. The Morgan fingerprint density at radius 3 is 2.59 bits per heavy atom. The van der Waals surface area contributed by atoms with Gasteiger partial charge in [-0.3, -0.25) is 0 Å². The summed E-state index contributed by atoms with van der Waals surface area (Å²) >= 11 is 4.94. The number of allylic oxidation sites excluding steroid dienone is 1. The molecule has 2 aromatic carbocycles. The maximum Gasteiger partial charge on any atom is 0.336 e. The molecule has 0 amide bonds. The summed E-state index contributed by atoms with van der Waals surface area (Å²) in [5, 5.41) is 15.3.